The van der Waals surface area contributed by atoms with Gasteiger partial charge in [0.1, 0.15) is 0 Å². The number of hydrogen-bond acceptors (Lipinski definition) is 2. The number of rotatable bonds is 3. The Morgan fingerprint density at radius 2 is 1.75 bits per heavy atom. The molecule has 16 heavy (non-hydrogen) atoms. The third kappa shape index (κ3) is 4.82. The van der Waals surface area contributed by atoms with Crippen LogP contribution in [0.5, 0.6) is 0 Å². The maximum absolute atomic E-state index is 11.2. The summed E-state index contributed by atoms with van der Waals surface area (Å²) in [5.41, 5.74) is 0.754. The topological polar surface area (TPSA) is 26.3 Å². The number of ether oxygens (including phenoxy) is 1. The Kier molecular flexibility index (Phi) is 6.20. The molecule has 0 N–H and O–H groups in total. The van der Waals surface area contributed by atoms with Crippen LogP contribution in [0.25, 0.3) is 0 Å². The van der Waals surface area contributed by atoms with Crippen LogP contribution in [-0.2, 0) is 9.53 Å². The first-order valence-corrected chi connectivity index (χ1v) is 6.49. The molecule has 92 valence electrons. The Bertz CT molecular complexity index is 235. The fourth-order valence-electron chi connectivity index (χ4n) is 2.36. The molecule has 1 aliphatic rings. The number of methoxy groups -OCH3 is 1. The summed E-state index contributed by atoms with van der Waals surface area (Å²) in [6.45, 7) is 1.84. The molecule has 1 aliphatic carbocycles. The van der Waals surface area contributed by atoms with Crippen molar-refractivity contribution in [3.63, 3.8) is 0 Å². The fraction of sp³-hybridized carbons (Fsp3) is 0.786. The van der Waals surface area contributed by atoms with Crippen LogP contribution in [0.4, 0.5) is 0 Å². The van der Waals surface area contributed by atoms with Crippen molar-refractivity contribution < 1.29 is 9.53 Å². The van der Waals surface area contributed by atoms with Crippen LogP contribution in [0.1, 0.15) is 58.3 Å². The summed E-state index contributed by atoms with van der Waals surface area (Å²) in [6, 6.07) is 0. The molecule has 0 aromatic heterocycles. The zero-order valence-corrected chi connectivity index (χ0v) is 10.6. The lowest BCUT2D eigenvalue weighted by Gasteiger charge is -2.18. The van der Waals surface area contributed by atoms with E-state index in [0.29, 0.717) is 0 Å². The smallest absolute Gasteiger partial charge is 0.333 e. The van der Waals surface area contributed by atoms with Crippen LogP contribution in [0.3, 0.4) is 0 Å². The summed E-state index contributed by atoms with van der Waals surface area (Å²) in [4.78, 5) is 11.2. The van der Waals surface area contributed by atoms with Gasteiger partial charge in [0.15, 0.2) is 0 Å². The Labute approximate surface area is 99.1 Å². The Balaban J connectivity index is 2.36. The van der Waals surface area contributed by atoms with Gasteiger partial charge in [-0.25, -0.2) is 4.79 Å². The lowest BCUT2D eigenvalue weighted by atomic mass is 9.88. The van der Waals surface area contributed by atoms with Gasteiger partial charge in [0.2, 0.25) is 0 Å². The minimum atomic E-state index is -0.189. The molecular formula is C14H24O2. The van der Waals surface area contributed by atoms with Gasteiger partial charge >= 0.3 is 5.97 Å². The van der Waals surface area contributed by atoms with Gasteiger partial charge in [-0.1, -0.05) is 51.0 Å². The number of carbonyl (C=O) groups excluding carboxylic acids is 1. The van der Waals surface area contributed by atoms with Crippen LogP contribution in [-0.4, -0.2) is 13.1 Å². The summed E-state index contributed by atoms with van der Waals surface area (Å²) < 4.78 is 4.69. The first-order chi connectivity index (χ1) is 7.74. The van der Waals surface area contributed by atoms with E-state index < -0.39 is 0 Å². The molecule has 1 saturated carbocycles. The molecule has 0 spiro atoms. The van der Waals surface area contributed by atoms with Gasteiger partial charge < -0.3 is 4.74 Å². The quantitative estimate of drug-likeness (QED) is 0.537. The molecule has 0 unspecified atom stereocenters. The molecule has 0 aliphatic heterocycles. The van der Waals surface area contributed by atoms with E-state index in [2.05, 4.69) is 10.8 Å². The van der Waals surface area contributed by atoms with E-state index in [9.17, 15) is 4.79 Å². The van der Waals surface area contributed by atoms with Crippen molar-refractivity contribution in [2.45, 2.75) is 58.3 Å². The summed E-state index contributed by atoms with van der Waals surface area (Å²) in [5, 5.41) is 0. The molecule has 1 rings (SSSR count). The van der Waals surface area contributed by atoms with E-state index >= 15 is 0 Å². The van der Waals surface area contributed by atoms with Crippen molar-refractivity contribution in [3.05, 3.63) is 11.6 Å². The largest absolute Gasteiger partial charge is 0.466 e. The van der Waals surface area contributed by atoms with Crippen LogP contribution in [0.2, 0.25) is 0 Å². The molecule has 0 heterocycles. The molecular weight excluding hydrogens is 200 g/mol. The van der Waals surface area contributed by atoms with Gasteiger partial charge in [-0.05, 0) is 19.3 Å². The highest BCUT2D eigenvalue weighted by Crippen LogP contribution is 2.25. The summed E-state index contributed by atoms with van der Waals surface area (Å²) >= 11 is 0. The summed E-state index contributed by atoms with van der Waals surface area (Å²) in [7, 11) is 1.44. The molecule has 0 bridgehead atoms. The normalized spacial score (nSPS) is 20.0. The van der Waals surface area contributed by atoms with E-state index in [0.717, 1.165) is 17.9 Å². The monoisotopic (exact) mass is 224 g/mol. The van der Waals surface area contributed by atoms with Gasteiger partial charge in [-0.15, -0.1) is 0 Å². The number of hydrogen-bond donors (Lipinski definition) is 0. The van der Waals surface area contributed by atoms with Crippen molar-refractivity contribution in [1.29, 1.82) is 0 Å². The second-order valence-corrected chi connectivity index (χ2v) is 4.83. The lowest BCUT2D eigenvalue weighted by molar-refractivity contribution is -0.136. The van der Waals surface area contributed by atoms with Gasteiger partial charge in [-0.3, -0.25) is 0 Å². The second kappa shape index (κ2) is 7.48. The minimum absolute atomic E-state index is 0.189. The highest BCUT2D eigenvalue weighted by molar-refractivity contribution is 5.87. The van der Waals surface area contributed by atoms with Crippen molar-refractivity contribution in [2.75, 3.05) is 7.11 Å². The molecule has 0 radical (unpaired) electrons. The standard InChI is InChI=1S/C14H24O2/c1-12(14(15)16-2)10-11-13-8-6-4-3-5-7-9-13/h10,13H,3-9,11H2,1-2H3. The number of carbonyl (C=O) groups is 1. The average molecular weight is 224 g/mol. The maximum atomic E-state index is 11.2. The molecule has 0 amide bonds. The van der Waals surface area contributed by atoms with Gasteiger partial charge in [0, 0.05) is 5.57 Å². The molecule has 0 atom stereocenters. The van der Waals surface area contributed by atoms with Crippen molar-refractivity contribution in [1.82, 2.24) is 0 Å². The zero-order valence-electron chi connectivity index (χ0n) is 10.6. The summed E-state index contributed by atoms with van der Waals surface area (Å²) in [5.74, 6) is 0.589. The zero-order chi connectivity index (χ0) is 11.8. The van der Waals surface area contributed by atoms with Crippen molar-refractivity contribution in [2.24, 2.45) is 5.92 Å². The maximum Gasteiger partial charge on any atom is 0.333 e. The SMILES string of the molecule is COC(=O)C(C)=CCC1CCCCCCC1. The Morgan fingerprint density at radius 3 is 2.31 bits per heavy atom. The first kappa shape index (κ1) is 13.3. The van der Waals surface area contributed by atoms with Crippen molar-refractivity contribution >= 4 is 5.97 Å². The van der Waals surface area contributed by atoms with E-state index in [4.69, 9.17) is 0 Å². The fourth-order valence-corrected chi connectivity index (χ4v) is 2.36. The second-order valence-electron chi connectivity index (χ2n) is 4.83. The summed E-state index contributed by atoms with van der Waals surface area (Å²) in [6.07, 6.45) is 12.6. The van der Waals surface area contributed by atoms with E-state index in [1.54, 1.807) is 0 Å². The predicted octanol–water partition coefficient (Wildman–Crippen LogP) is 3.86. The Morgan fingerprint density at radius 1 is 1.19 bits per heavy atom. The van der Waals surface area contributed by atoms with Crippen LogP contribution in [0, 0.1) is 5.92 Å². The number of esters is 1. The first-order valence-electron chi connectivity index (χ1n) is 6.49. The van der Waals surface area contributed by atoms with Crippen molar-refractivity contribution in [3.8, 4) is 0 Å². The minimum Gasteiger partial charge on any atom is -0.466 e. The van der Waals surface area contributed by atoms with Gasteiger partial charge in [0.25, 0.3) is 0 Å². The molecule has 0 aromatic rings. The lowest BCUT2D eigenvalue weighted by Crippen LogP contribution is -2.05. The molecule has 0 saturated heterocycles. The number of allylic oxidation sites excluding steroid dienone is 1. The average Bonchev–Trinajstić information content (AvgIpc) is 2.26. The highest BCUT2D eigenvalue weighted by Gasteiger charge is 2.11. The van der Waals surface area contributed by atoms with E-state index in [-0.39, 0.29) is 5.97 Å². The van der Waals surface area contributed by atoms with Crippen LogP contribution in [0.15, 0.2) is 11.6 Å². The predicted molar refractivity (Wildman–Crippen MR) is 66.2 cm³/mol. The van der Waals surface area contributed by atoms with E-state index in [1.807, 2.05) is 6.92 Å². The third-order valence-electron chi connectivity index (χ3n) is 3.49. The third-order valence-corrected chi connectivity index (χ3v) is 3.49. The van der Waals surface area contributed by atoms with Crippen LogP contribution < -0.4 is 0 Å². The Hall–Kier alpha value is -0.790. The van der Waals surface area contributed by atoms with Gasteiger partial charge in [-0.2, -0.15) is 0 Å². The van der Waals surface area contributed by atoms with E-state index in [1.165, 1.54) is 52.1 Å². The van der Waals surface area contributed by atoms with Gasteiger partial charge in [0.05, 0.1) is 7.11 Å². The van der Waals surface area contributed by atoms with Crippen LogP contribution >= 0.6 is 0 Å². The molecule has 1 fully saturated rings. The highest BCUT2D eigenvalue weighted by atomic mass is 16.5. The molecule has 2 heteroatoms. The molecule has 2 nitrogen and oxygen atoms in total. The molecule has 0 aromatic carbocycles.